The summed E-state index contributed by atoms with van der Waals surface area (Å²) in [6.07, 6.45) is 3.66. The summed E-state index contributed by atoms with van der Waals surface area (Å²) in [5.74, 6) is -1.12. The second-order valence-corrected chi connectivity index (χ2v) is 3.95. The summed E-state index contributed by atoms with van der Waals surface area (Å²) in [6, 6.07) is 0. The topological polar surface area (TPSA) is 63.6 Å². The molecule has 1 N–H and O–H groups in total. The molecule has 0 aliphatic heterocycles. The summed E-state index contributed by atoms with van der Waals surface area (Å²) < 4.78 is 4.73. The zero-order chi connectivity index (χ0) is 13.3. The van der Waals surface area contributed by atoms with Gasteiger partial charge < -0.3 is 9.84 Å². The van der Waals surface area contributed by atoms with E-state index in [9.17, 15) is 14.7 Å². The van der Waals surface area contributed by atoms with Crippen LogP contribution in [0.4, 0.5) is 0 Å². The first kappa shape index (κ1) is 16.1. The molecule has 0 aliphatic carbocycles. The number of hydrogen-bond donors (Lipinski definition) is 1. The number of allylic oxidation sites excluding steroid dienone is 1. The second-order valence-electron chi connectivity index (χ2n) is 3.57. The first-order valence-electron chi connectivity index (χ1n) is 5.63. The summed E-state index contributed by atoms with van der Waals surface area (Å²) in [5, 5.41) is 10.1. The lowest BCUT2D eigenvalue weighted by Gasteiger charge is -2.22. The minimum atomic E-state index is -2.07. The maximum absolute atomic E-state index is 11.8. The van der Waals surface area contributed by atoms with Gasteiger partial charge in [0.05, 0.1) is 6.61 Å². The van der Waals surface area contributed by atoms with Crippen LogP contribution in [0.25, 0.3) is 0 Å². The van der Waals surface area contributed by atoms with Crippen molar-refractivity contribution in [2.45, 2.75) is 38.7 Å². The van der Waals surface area contributed by atoms with Crippen molar-refractivity contribution in [3.05, 3.63) is 12.2 Å². The predicted molar refractivity (Wildman–Crippen MR) is 66.0 cm³/mol. The molecule has 0 heterocycles. The van der Waals surface area contributed by atoms with E-state index >= 15 is 0 Å². The van der Waals surface area contributed by atoms with E-state index in [1.807, 2.05) is 0 Å². The molecule has 0 aromatic heterocycles. The van der Waals surface area contributed by atoms with Crippen LogP contribution in [0.2, 0.25) is 0 Å². The molecule has 0 aromatic carbocycles. The fourth-order valence-electron chi connectivity index (χ4n) is 1.28. The molecule has 0 aromatic rings. The standard InChI is InChI=1S/C12H19ClO4/c1-3-5-8-12(16,11(15)17-4-2)10(14)7-6-9-13/h3,5,16H,4,6-9H2,1-2H3/b5-3+/t12-/m0/s1. The lowest BCUT2D eigenvalue weighted by molar-refractivity contribution is -0.170. The monoisotopic (exact) mass is 262 g/mol. The van der Waals surface area contributed by atoms with Gasteiger partial charge in [0, 0.05) is 18.7 Å². The van der Waals surface area contributed by atoms with E-state index in [-0.39, 0.29) is 19.4 Å². The highest BCUT2D eigenvalue weighted by atomic mass is 35.5. The molecule has 5 heteroatoms. The van der Waals surface area contributed by atoms with E-state index in [4.69, 9.17) is 16.3 Å². The largest absolute Gasteiger partial charge is 0.464 e. The van der Waals surface area contributed by atoms with Gasteiger partial charge in [-0.15, -0.1) is 11.6 Å². The van der Waals surface area contributed by atoms with E-state index < -0.39 is 17.4 Å². The van der Waals surface area contributed by atoms with Gasteiger partial charge in [0.15, 0.2) is 5.78 Å². The molecule has 0 unspecified atom stereocenters. The Bertz CT molecular complexity index is 288. The molecule has 0 rings (SSSR count). The molecular weight excluding hydrogens is 244 g/mol. The molecule has 1 atom stereocenters. The average molecular weight is 263 g/mol. The van der Waals surface area contributed by atoms with Gasteiger partial charge in [-0.05, 0) is 20.3 Å². The van der Waals surface area contributed by atoms with Crippen molar-refractivity contribution in [1.82, 2.24) is 0 Å². The Kier molecular flexibility index (Phi) is 7.83. The molecular formula is C12H19ClO4. The van der Waals surface area contributed by atoms with Crippen LogP contribution in [-0.4, -0.2) is 34.9 Å². The minimum Gasteiger partial charge on any atom is -0.464 e. The van der Waals surface area contributed by atoms with E-state index in [0.717, 1.165) is 0 Å². The second kappa shape index (κ2) is 8.25. The van der Waals surface area contributed by atoms with Crippen LogP contribution in [0.15, 0.2) is 12.2 Å². The lowest BCUT2D eigenvalue weighted by atomic mass is 9.91. The maximum atomic E-state index is 11.8. The van der Waals surface area contributed by atoms with E-state index in [1.54, 1.807) is 26.0 Å². The Morgan fingerprint density at radius 2 is 2.12 bits per heavy atom. The number of aliphatic hydroxyl groups is 1. The van der Waals surface area contributed by atoms with Crippen LogP contribution >= 0.6 is 11.6 Å². The van der Waals surface area contributed by atoms with Crippen molar-refractivity contribution in [1.29, 1.82) is 0 Å². The fourth-order valence-corrected chi connectivity index (χ4v) is 1.42. The summed E-state index contributed by atoms with van der Waals surface area (Å²) >= 11 is 5.48. The summed E-state index contributed by atoms with van der Waals surface area (Å²) in [6.45, 7) is 3.49. The van der Waals surface area contributed by atoms with Crippen LogP contribution in [0.5, 0.6) is 0 Å². The molecule has 0 radical (unpaired) electrons. The van der Waals surface area contributed by atoms with E-state index in [1.165, 1.54) is 0 Å². The highest BCUT2D eigenvalue weighted by molar-refractivity contribution is 6.18. The zero-order valence-corrected chi connectivity index (χ0v) is 11.0. The molecule has 0 amide bonds. The molecule has 0 saturated heterocycles. The summed E-state index contributed by atoms with van der Waals surface area (Å²) in [5.41, 5.74) is -2.07. The number of esters is 1. The maximum Gasteiger partial charge on any atom is 0.346 e. The van der Waals surface area contributed by atoms with Gasteiger partial charge in [-0.25, -0.2) is 4.79 Å². The number of carbonyl (C=O) groups excluding carboxylic acids is 2. The third-order valence-electron chi connectivity index (χ3n) is 2.26. The fraction of sp³-hybridized carbons (Fsp3) is 0.667. The lowest BCUT2D eigenvalue weighted by Crippen LogP contribution is -2.47. The minimum absolute atomic E-state index is 0.0658. The van der Waals surface area contributed by atoms with Crippen LogP contribution in [0, 0.1) is 0 Å². The average Bonchev–Trinajstić information content (AvgIpc) is 2.33. The molecule has 0 aliphatic rings. The Labute approximate surface area is 107 Å². The normalized spacial score (nSPS) is 14.6. The first-order valence-corrected chi connectivity index (χ1v) is 6.16. The number of ether oxygens (including phenoxy) is 1. The van der Waals surface area contributed by atoms with E-state index in [0.29, 0.717) is 12.3 Å². The van der Waals surface area contributed by atoms with Gasteiger partial charge in [0.2, 0.25) is 5.60 Å². The zero-order valence-electron chi connectivity index (χ0n) is 10.2. The molecule has 0 spiro atoms. The van der Waals surface area contributed by atoms with E-state index in [2.05, 4.69) is 0 Å². The van der Waals surface area contributed by atoms with Crippen LogP contribution in [0.1, 0.15) is 33.1 Å². The first-order chi connectivity index (χ1) is 8.02. The van der Waals surface area contributed by atoms with Crippen molar-refractivity contribution in [3.63, 3.8) is 0 Å². The Morgan fingerprint density at radius 1 is 1.47 bits per heavy atom. The van der Waals surface area contributed by atoms with Gasteiger partial charge >= 0.3 is 5.97 Å². The Morgan fingerprint density at radius 3 is 2.59 bits per heavy atom. The Hall–Kier alpha value is -0.870. The smallest absolute Gasteiger partial charge is 0.346 e. The van der Waals surface area contributed by atoms with Crippen LogP contribution in [0.3, 0.4) is 0 Å². The highest BCUT2D eigenvalue weighted by Crippen LogP contribution is 2.18. The number of Topliss-reactive ketones (excluding diaryl/α,β-unsaturated/α-hetero) is 1. The quantitative estimate of drug-likeness (QED) is 0.314. The number of ketones is 1. The van der Waals surface area contributed by atoms with Crippen molar-refractivity contribution in [3.8, 4) is 0 Å². The van der Waals surface area contributed by atoms with Crippen LogP contribution < -0.4 is 0 Å². The third-order valence-corrected chi connectivity index (χ3v) is 2.53. The summed E-state index contributed by atoms with van der Waals surface area (Å²) in [7, 11) is 0. The molecule has 17 heavy (non-hydrogen) atoms. The number of carbonyl (C=O) groups is 2. The van der Waals surface area contributed by atoms with Crippen molar-refractivity contribution in [2.75, 3.05) is 12.5 Å². The molecule has 4 nitrogen and oxygen atoms in total. The van der Waals surface area contributed by atoms with Crippen molar-refractivity contribution < 1.29 is 19.4 Å². The van der Waals surface area contributed by atoms with Crippen LogP contribution in [-0.2, 0) is 14.3 Å². The predicted octanol–water partition coefficient (Wildman–Crippen LogP) is 1.83. The third kappa shape index (κ3) is 4.88. The SMILES string of the molecule is C/C=C/C[C@](O)(C(=O)CCCCl)C(=O)OCC. The van der Waals surface area contributed by atoms with Gasteiger partial charge in [-0.2, -0.15) is 0 Å². The number of rotatable bonds is 8. The van der Waals surface area contributed by atoms with Gasteiger partial charge in [0.25, 0.3) is 0 Å². The molecule has 0 saturated carbocycles. The molecule has 0 bridgehead atoms. The van der Waals surface area contributed by atoms with Crippen molar-refractivity contribution >= 4 is 23.4 Å². The molecule has 0 fully saturated rings. The van der Waals surface area contributed by atoms with Gasteiger partial charge in [-0.1, -0.05) is 12.2 Å². The molecule has 98 valence electrons. The Balaban J connectivity index is 4.81. The summed E-state index contributed by atoms with van der Waals surface area (Å²) in [4.78, 5) is 23.4. The van der Waals surface area contributed by atoms with Gasteiger partial charge in [0.1, 0.15) is 0 Å². The van der Waals surface area contributed by atoms with Gasteiger partial charge in [-0.3, -0.25) is 4.79 Å². The highest BCUT2D eigenvalue weighted by Gasteiger charge is 2.43. The number of alkyl halides is 1. The van der Waals surface area contributed by atoms with Crippen molar-refractivity contribution in [2.24, 2.45) is 0 Å². The number of hydrogen-bond acceptors (Lipinski definition) is 4. The number of halogens is 1.